The molecule has 0 bridgehead atoms. The summed E-state index contributed by atoms with van der Waals surface area (Å²) >= 11 is 0. The van der Waals surface area contributed by atoms with E-state index in [9.17, 15) is 0 Å². The lowest BCUT2D eigenvalue weighted by atomic mass is 10.2. The lowest BCUT2D eigenvalue weighted by Gasteiger charge is -2.23. The van der Waals surface area contributed by atoms with Gasteiger partial charge in [-0.05, 0) is 18.6 Å². The average molecular weight is 206 g/mol. The van der Waals surface area contributed by atoms with Crippen molar-refractivity contribution in [3.05, 3.63) is 42.2 Å². The first-order chi connectivity index (χ1) is 7.14. The predicted molar refractivity (Wildman–Crippen MR) is 62.3 cm³/mol. The van der Waals surface area contributed by atoms with E-state index < -0.39 is 5.79 Å². The molecule has 1 rings (SSSR count). The molecule has 0 amide bonds. The first-order valence-electron chi connectivity index (χ1n) is 5.17. The van der Waals surface area contributed by atoms with E-state index in [1.54, 1.807) is 6.26 Å². The third-order valence-corrected chi connectivity index (χ3v) is 1.90. The Kier molecular flexibility index (Phi) is 4.37. The van der Waals surface area contributed by atoms with E-state index in [0.717, 1.165) is 5.56 Å². The molecule has 0 spiro atoms. The second kappa shape index (κ2) is 5.56. The van der Waals surface area contributed by atoms with Crippen LogP contribution in [0, 0.1) is 0 Å². The Morgan fingerprint density at radius 3 is 2.47 bits per heavy atom. The highest BCUT2D eigenvalue weighted by atomic mass is 16.7. The third kappa shape index (κ3) is 4.66. The number of ether oxygens (including phenoxy) is 2. The zero-order valence-corrected chi connectivity index (χ0v) is 9.57. The van der Waals surface area contributed by atoms with Gasteiger partial charge in [-0.2, -0.15) is 0 Å². The van der Waals surface area contributed by atoms with Crippen LogP contribution in [0.1, 0.15) is 26.3 Å². The fourth-order valence-electron chi connectivity index (χ4n) is 1.22. The summed E-state index contributed by atoms with van der Waals surface area (Å²) in [4.78, 5) is 0. The Balaban J connectivity index is 2.46. The van der Waals surface area contributed by atoms with Crippen molar-refractivity contribution in [2.45, 2.75) is 26.6 Å². The molecule has 0 aromatic heterocycles. The molecule has 2 heteroatoms. The molecular weight excluding hydrogens is 188 g/mol. The maximum absolute atomic E-state index is 5.47. The highest BCUT2D eigenvalue weighted by molar-refractivity contribution is 5.47. The van der Waals surface area contributed by atoms with Crippen LogP contribution in [-0.2, 0) is 9.47 Å². The molecule has 2 nitrogen and oxygen atoms in total. The minimum Gasteiger partial charge on any atom is -0.471 e. The minimum atomic E-state index is -0.556. The Bertz CT molecular complexity index is 302. The molecule has 0 saturated carbocycles. The molecule has 1 aromatic rings. The SMILES string of the molecule is CCOC(C)(C)OC=Cc1ccccc1. The highest BCUT2D eigenvalue weighted by Crippen LogP contribution is 2.12. The summed E-state index contributed by atoms with van der Waals surface area (Å²) in [5.74, 6) is -0.556. The molecular formula is C13H18O2. The zero-order valence-electron chi connectivity index (χ0n) is 9.57. The summed E-state index contributed by atoms with van der Waals surface area (Å²) in [5.41, 5.74) is 1.12. The molecule has 1 aromatic carbocycles. The van der Waals surface area contributed by atoms with Gasteiger partial charge in [0, 0.05) is 20.5 Å². The Morgan fingerprint density at radius 2 is 1.87 bits per heavy atom. The van der Waals surface area contributed by atoms with E-state index >= 15 is 0 Å². The third-order valence-electron chi connectivity index (χ3n) is 1.90. The van der Waals surface area contributed by atoms with Crippen LogP contribution in [-0.4, -0.2) is 12.4 Å². The van der Waals surface area contributed by atoms with Gasteiger partial charge >= 0.3 is 0 Å². The fraction of sp³-hybridized carbons (Fsp3) is 0.385. The Hall–Kier alpha value is -1.28. The van der Waals surface area contributed by atoms with Crippen LogP contribution < -0.4 is 0 Å². The summed E-state index contributed by atoms with van der Waals surface area (Å²) in [6.07, 6.45) is 3.59. The van der Waals surface area contributed by atoms with Gasteiger partial charge in [-0.1, -0.05) is 30.3 Å². The van der Waals surface area contributed by atoms with E-state index in [4.69, 9.17) is 9.47 Å². The van der Waals surface area contributed by atoms with Crippen LogP contribution in [0.2, 0.25) is 0 Å². The molecule has 82 valence electrons. The Morgan fingerprint density at radius 1 is 1.20 bits per heavy atom. The van der Waals surface area contributed by atoms with E-state index in [2.05, 4.69) is 0 Å². The van der Waals surface area contributed by atoms with Crippen LogP contribution in [0.4, 0.5) is 0 Å². The summed E-state index contributed by atoms with van der Waals surface area (Å²) in [6, 6.07) is 10.0. The fourth-order valence-corrected chi connectivity index (χ4v) is 1.22. The van der Waals surface area contributed by atoms with E-state index in [-0.39, 0.29) is 0 Å². The second-order valence-electron chi connectivity index (χ2n) is 3.66. The maximum Gasteiger partial charge on any atom is 0.203 e. The van der Waals surface area contributed by atoms with Crippen LogP contribution >= 0.6 is 0 Å². The number of rotatable bonds is 5. The van der Waals surface area contributed by atoms with Gasteiger partial charge < -0.3 is 9.47 Å². The van der Waals surface area contributed by atoms with Gasteiger partial charge in [0.15, 0.2) is 0 Å². The summed E-state index contributed by atoms with van der Waals surface area (Å²) in [5, 5.41) is 0. The number of hydrogen-bond donors (Lipinski definition) is 0. The van der Waals surface area contributed by atoms with E-state index in [0.29, 0.717) is 6.61 Å². The van der Waals surface area contributed by atoms with Crippen LogP contribution in [0.3, 0.4) is 0 Å². The molecule has 0 radical (unpaired) electrons. The van der Waals surface area contributed by atoms with Gasteiger partial charge in [0.25, 0.3) is 0 Å². The van der Waals surface area contributed by atoms with Crippen molar-refractivity contribution in [1.82, 2.24) is 0 Å². The maximum atomic E-state index is 5.47. The average Bonchev–Trinajstić information content (AvgIpc) is 2.19. The molecule has 0 aliphatic rings. The molecule has 15 heavy (non-hydrogen) atoms. The molecule has 0 aliphatic heterocycles. The standard InChI is InChI=1S/C13H18O2/c1-4-14-13(2,3)15-11-10-12-8-6-5-7-9-12/h5-11H,4H2,1-3H3. The Labute approximate surface area is 91.5 Å². The minimum absolute atomic E-state index is 0.556. The molecule has 0 atom stereocenters. The van der Waals surface area contributed by atoms with Crippen LogP contribution in [0.25, 0.3) is 6.08 Å². The van der Waals surface area contributed by atoms with Gasteiger partial charge in [0.2, 0.25) is 5.79 Å². The summed E-state index contributed by atoms with van der Waals surface area (Å²) in [6.45, 7) is 6.38. The normalized spacial score (nSPS) is 11.9. The second-order valence-corrected chi connectivity index (χ2v) is 3.66. The quantitative estimate of drug-likeness (QED) is 0.542. The lowest BCUT2D eigenvalue weighted by Crippen LogP contribution is -2.25. The van der Waals surface area contributed by atoms with Gasteiger partial charge in [0.1, 0.15) is 0 Å². The van der Waals surface area contributed by atoms with Crippen LogP contribution in [0.5, 0.6) is 0 Å². The number of benzene rings is 1. The van der Waals surface area contributed by atoms with Gasteiger partial charge in [0.05, 0.1) is 6.26 Å². The van der Waals surface area contributed by atoms with Crippen molar-refractivity contribution < 1.29 is 9.47 Å². The molecule has 0 saturated heterocycles. The monoisotopic (exact) mass is 206 g/mol. The first kappa shape index (κ1) is 11.8. The van der Waals surface area contributed by atoms with Crippen molar-refractivity contribution in [1.29, 1.82) is 0 Å². The first-order valence-corrected chi connectivity index (χ1v) is 5.17. The summed E-state index contributed by atoms with van der Waals surface area (Å²) < 4.78 is 10.9. The molecule has 0 heterocycles. The van der Waals surface area contributed by atoms with Crippen molar-refractivity contribution >= 4 is 6.08 Å². The highest BCUT2D eigenvalue weighted by Gasteiger charge is 2.16. The lowest BCUT2D eigenvalue weighted by molar-refractivity contribution is -0.177. The molecule has 0 N–H and O–H groups in total. The number of hydrogen-bond acceptors (Lipinski definition) is 2. The molecule has 0 fully saturated rings. The van der Waals surface area contributed by atoms with Gasteiger partial charge in [-0.25, -0.2) is 0 Å². The van der Waals surface area contributed by atoms with Crippen molar-refractivity contribution in [3.63, 3.8) is 0 Å². The largest absolute Gasteiger partial charge is 0.471 e. The predicted octanol–water partition coefficient (Wildman–Crippen LogP) is 3.45. The van der Waals surface area contributed by atoms with Crippen molar-refractivity contribution in [2.24, 2.45) is 0 Å². The van der Waals surface area contributed by atoms with Crippen LogP contribution in [0.15, 0.2) is 36.6 Å². The zero-order chi connectivity index (χ0) is 11.1. The van der Waals surface area contributed by atoms with Crippen molar-refractivity contribution in [3.8, 4) is 0 Å². The van der Waals surface area contributed by atoms with E-state index in [1.807, 2.05) is 57.2 Å². The van der Waals surface area contributed by atoms with Crippen molar-refractivity contribution in [2.75, 3.05) is 6.61 Å². The van der Waals surface area contributed by atoms with Gasteiger partial charge in [-0.3, -0.25) is 0 Å². The topological polar surface area (TPSA) is 18.5 Å². The van der Waals surface area contributed by atoms with E-state index in [1.165, 1.54) is 0 Å². The molecule has 0 aliphatic carbocycles. The van der Waals surface area contributed by atoms with Gasteiger partial charge in [-0.15, -0.1) is 0 Å². The smallest absolute Gasteiger partial charge is 0.203 e. The summed E-state index contributed by atoms with van der Waals surface area (Å²) in [7, 11) is 0. The molecule has 0 unspecified atom stereocenters.